The number of hydrogen-bond acceptors (Lipinski definition) is 2. The topological polar surface area (TPSA) is 69.2 Å². The summed E-state index contributed by atoms with van der Waals surface area (Å²) in [6.07, 6.45) is 4.17. The minimum Gasteiger partial charge on any atom is -0.565 e. The van der Waals surface area contributed by atoms with Gasteiger partial charge in [-0.3, -0.25) is 0 Å². The maximum Gasteiger partial charge on any atom is 0.249 e. The summed E-state index contributed by atoms with van der Waals surface area (Å²) >= 11 is 0. The minimum absolute atomic E-state index is 0.729. The van der Waals surface area contributed by atoms with Crippen molar-refractivity contribution in [2.45, 2.75) is 20.4 Å². The molecule has 0 fully saturated rings. The van der Waals surface area contributed by atoms with E-state index in [0.29, 0.717) is 0 Å². The Morgan fingerprint density at radius 2 is 2.14 bits per heavy atom. The van der Waals surface area contributed by atoms with Gasteiger partial charge in [-0.05, 0) is 5.92 Å². The van der Waals surface area contributed by atoms with Gasteiger partial charge in [0.1, 0.15) is 12.4 Å². The van der Waals surface area contributed by atoms with Gasteiger partial charge in [-0.25, -0.2) is 9.13 Å². The minimum atomic E-state index is -2.08. The zero-order chi connectivity index (χ0) is 11.1. The predicted molar refractivity (Wildman–Crippen MR) is 48.5 cm³/mol. The van der Waals surface area contributed by atoms with Gasteiger partial charge in [-0.15, -0.1) is 0 Å². The van der Waals surface area contributed by atoms with E-state index in [2.05, 4.69) is 41.7 Å². The molecule has 1 rings (SSSR count). The molecule has 5 heteroatoms. The summed E-state index contributed by atoms with van der Waals surface area (Å²) in [5.41, 5.74) is 0. The van der Waals surface area contributed by atoms with Gasteiger partial charge in [0.05, 0.1) is 13.6 Å². The summed E-state index contributed by atoms with van der Waals surface area (Å²) in [6.45, 7) is 5.56. The molecule has 0 spiro atoms. The largest absolute Gasteiger partial charge is 0.565 e. The number of imidazole rings is 1. The molecule has 0 bridgehead atoms. The molecule has 0 atom stereocenters. The average molecular weight is 200 g/mol. The maximum absolute atomic E-state index is 8.44. The second kappa shape index (κ2) is 6.01. The molecule has 1 N–H and O–H groups in total. The van der Waals surface area contributed by atoms with Crippen LogP contribution in [0.4, 0.5) is 4.79 Å². The highest BCUT2D eigenvalue weighted by Crippen LogP contribution is 1.89. The van der Waals surface area contributed by atoms with Gasteiger partial charge in [-0.1, -0.05) is 13.8 Å². The molecule has 0 saturated carbocycles. The monoisotopic (exact) mass is 200 g/mol. The number of hydrogen-bond donors (Lipinski definition) is 1. The summed E-state index contributed by atoms with van der Waals surface area (Å²) in [6, 6.07) is 0. The van der Waals surface area contributed by atoms with E-state index in [9.17, 15) is 0 Å². The number of carbonyl (C=O) groups is 1. The molecular formula is C9H16N2O3. The van der Waals surface area contributed by atoms with Crippen LogP contribution < -0.4 is 9.67 Å². The number of nitrogens with zero attached hydrogens (tertiary/aromatic N) is 2. The van der Waals surface area contributed by atoms with Crippen molar-refractivity contribution >= 4 is 6.16 Å². The highest BCUT2D eigenvalue weighted by atomic mass is 16.6. The smallest absolute Gasteiger partial charge is 0.249 e. The zero-order valence-corrected chi connectivity index (χ0v) is 8.67. The maximum atomic E-state index is 8.44. The van der Waals surface area contributed by atoms with Gasteiger partial charge in [0, 0.05) is 0 Å². The zero-order valence-electron chi connectivity index (χ0n) is 8.67. The Bertz CT molecular complexity index is 277. The second-order valence-electron chi connectivity index (χ2n) is 3.44. The molecule has 0 amide bonds. The van der Waals surface area contributed by atoms with Crippen LogP contribution in [0.3, 0.4) is 0 Å². The molecule has 0 aliphatic rings. The lowest BCUT2D eigenvalue weighted by Crippen LogP contribution is -2.33. The Kier molecular flexibility index (Phi) is 5.36. The van der Waals surface area contributed by atoms with Crippen LogP contribution in [0.15, 0.2) is 18.7 Å². The molecule has 0 saturated heterocycles. The van der Waals surface area contributed by atoms with Crippen LogP contribution in [0.1, 0.15) is 13.8 Å². The van der Waals surface area contributed by atoms with Crippen molar-refractivity contribution in [1.82, 2.24) is 4.57 Å². The van der Waals surface area contributed by atoms with E-state index in [-0.39, 0.29) is 0 Å². The molecule has 1 aromatic rings. The number of carboxylic acid groups (broad SMARTS) is 2. The van der Waals surface area contributed by atoms with Gasteiger partial charge in [0.15, 0.2) is 0 Å². The number of aromatic nitrogens is 2. The molecular weight excluding hydrogens is 184 g/mol. The summed E-state index contributed by atoms with van der Waals surface area (Å²) in [5, 5.41) is 15.3. The quantitative estimate of drug-likeness (QED) is 0.675. The lowest BCUT2D eigenvalue weighted by atomic mass is 10.2. The number of aryl methyl sites for hydroxylation is 1. The van der Waals surface area contributed by atoms with Crippen LogP contribution in [0.5, 0.6) is 0 Å². The predicted octanol–water partition coefficient (Wildman–Crippen LogP) is -0.144. The molecule has 0 aliphatic carbocycles. The van der Waals surface area contributed by atoms with Gasteiger partial charge in [0.25, 0.3) is 0 Å². The van der Waals surface area contributed by atoms with E-state index in [1.54, 1.807) is 0 Å². The molecule has 1 aromatic heterocycles. The van der Waals surface area contributed by atoms with Crippen molar-refractivity contribution in [3.8, 4) is 0 Å². The fourth-order valence-electron chi connectivity index (χ4n) is 1.03. The van der Waals surface area contributed by atoms with Gasteiger partial charge < -0.3 is 15.0 Å². The molecule has 5 nitrogen and oxygen atoms in total. The molecule has 0 unspecified atom stereocenters. The number of rotatable bonds is 2. The highest BCUT2D eigenvalue weighted by Gasteiger charge is 2.01. The third kappa shape index (κ3) is 7.15. The molecule has 0 aromatic carbocycles. The first-order valence-corrected chi connectivity index (χ1v) is 4.32. The van der Waals surface area contributed by atoms with Crippen molar-refractivity contribution < 1.29 is 19.6 Å². The Balaban J connectivity index is 0.000000364. The third-order valence-electron chi connectivity index (χ3n) is 1.40. The lowest BCUT2D eigenvalue weighted by Gasteiger charge is -1.97. The Morgan fingerprint density at radius 1 is 1.64 bits per heavy atom. The van der Waals surface area contributed by atoms with E-state index in [1.165, 1.54) is 0 Å². The summed E-state index contributed by atoms with van der Waals surface area (Å²) in [5.74, 6) is 0.729. The summed E-state index contributed by atoms with van der Waals surface area (Å²) in [4.78, 5) is 8.44. The van der Waals surface area contributed by atoms with Gasteiger partial charge >= 0.3 is 0 Å². The molecule has 80 valence electrons. The molecule has 0 radical (unpaired) electrons. The Labute approximate surface area is 83.2 Å². The summed E-state index contributed by atoms with van der Waals surface area (Å²) < 4.78 is 4.26. The van der Waals surface area contributed by atoms with Gasteiger partial charge in [0.2, 0.25) is 12.5 Å². The second-order valence-corrected chi connectivity index (χ2v) is 3.44. The first-order valence-electron chi connectivity index (χ1n) is 4.32. The van der Waals surface area contributed by atoms with Crippen LogP contribution in [0.25, 0.3) is 0 Å². The first-order chi connectivity index (χ1) is 6.41. The SMILES string of the molecule is CC(C)C[n+]1ccn(C)c1.O=C([O-])O. The standard InChI is InChI=1S/C8H15N2.CH2O3/c1-8(2)6-10-5-4-9(3)7-10;2-1(3)4/h4-5,7-8H,6H2,1-3H3;(H2,2,3,4)/q+1;/p-1. The van der Waals surface area contributed by atoms with Crippen LogP contribution in [0.2, 0.25) is 0 Å². The van der Waals surface area contributed by atoms with Crippen molar-refractivity contribution in [2.24, 2.45) is 13.0 Å². The molecule has 0 aliphatic heterocycles. The fourth-order valence-corrected chi connectivity index (χ4v) is 1.03. The molecule has 14 heavy (non-hydrogen) atoms. The van der Waals surface area contributed by atoms with E-state index >= 15 is 0 Å². The highest BCUT2D eigenvalue weighted by molar-refractivity contribution is 5.50. The van der Waals surface area contributed by atoms with E-state index < -0.39 is 6.16 Å². The Hall–Kier alpha value is -1.52. The van der Waals surface area contributed by atoms with E-state index in [4.69, 9.17) is 15.0 Å². The van der Waals surface area contributed by atoms with Crippen molar-refractivity contribution in [2.75, 3.05) is 0 Å². The third-order valence-corrected chi connectivity index (χ3v) is 1.40. The lowest BCUT2D eigenvalue weighted by molar-refractivity contribution is -0.701. The van der Waals surface area contributed by atoms with E-state index in [1.807, 2.05) is 7.05 Å². The van der Waals surface area contributed by atoms with Crippen LogP contribution >= 0.6 is 0 Å². The first kappa shape index (κ1) is 12.5. The fraction of sp³-hybridized carbons (Fsp3) is 0.556. The van der Waals surface area contributed by atoms with Gasteiger partial charge in [-0.2, -0.15) is 0 Å². The average Bonchev–Trinajstić information content (AvgIpc) is 2.32. The van der Waals surface area contributed by atoms with Crippen LogP contribution in [-0.4, -0.2) is 15.8 Å². The van der Waals surface area contributed by atoms with Crippen LogP contribution in [-0.2, 0) is 13.6 Å². The van der Waals surface area contributed by atoms with Crippen molar-refractivity contribution in [3.63, 3.8) is 0 Å². The van der Waals surface area contributed by atoms with Crippen molar-refractivity contribution in [3.05, 3.63) is 18.7 Å². The van der Waals surface area contributed by atoms with E-state index in [0.717, 1.165) is 12.5 Å². The van der Waals surface area contributed by atoms with Crippen molar-refractivity contribution in [1.29, 1.82) is 0 Å². The Morgan fingerprint density at radius 3 is 2.43 bits per heavy atom. The molecule has 1 heterocycles. The normalized spacial score (nSPS) is 9.43. The van der Waals surface area contributed by atoms with Crippen LogP contribution in [0, 0.1) is 5.92 Å². The summed E-state index contributed by atoms with van der Waals surface area (Å²) in [7, 11) is 2.04.